The van der Waals surface area contributed by atoms with Crippen LogP contribution in [0.3, 0.4) is 0 Å². The van der Waals surface area contributed by atoms with E-state index >= 15 is 0 Å². The van der Waals surface area contributed by atoms with Crippen LogP contribution in [0.25, 0.3) is 0 Å². The minimum atomic E-state index is 0. The number of aryl methyl sites for hydroxylation is 1. The van der Waals surface area contributed by atoms with Crippen LogP contribution in [0.1, 0.15) is 18.4 Å². The van der Waals surface area contributed by atoms with Crippen molar-refractivity contribution in [2.24, 2.45) is 4.99 Å². The van der Waals surface area contributed by atoms with Crippen LogP contribution in [0.5, 0.6) is 5.75 Å². The Hall–Kier alpha value is -1.02. The summed E-state index contributed by atoms with van der Waals surface area (Å²) in [6.07, 6.45) is 1.89. The van der Waals surface area contributed by atoms with Gasteiger partial charge in [0, 0.05) is 33.9 Å². The van der Waals surface area contributed by atoms with Crippen molar-refractivity contribution in [2.45, 2.75) is 19.8 Å². The zero-order valence-electron chi connectivity index (χ0n) is 13.7. The Morgan fingerprint density at radius 1 is 1.05 bits per heavy atom. The molecule has 1 aromatic carbocycles. The van der Waals surface area contributed by atoms with E-state index in [9.17, 15) is 0 Å². The van der Waals surface area contributed by atoms with Crippen LogP contribution >= 0.6 is 24.0 Å². The van der Waals surface area contributed by atoms with Crippen molar-refractivity contribution in [1.82, 2.24) is 10.6 Å². The molecule has 2 N–H and O–H groups in total. The van der Waals surface area contributed by atoms with Crippen molar-refractivity contribution in [2.75, 3.05) is 40.5 Å². The van der Waals surface area contributed by atoms with Crippen LogP contribution in [0, 0.1) is 6.92 Å². The van der Waals surface area contributed by atoms with Crippen LogP contribution in [0.15, 0.2) is 29.3 Å². The molecule has 0 atom stereocenters. The molecule has 5 nitrogen and oxygen atoms in total. The van der Waals surface area contributed by atoms with E-state index in [1.54, 1.807) is 14.2 Å². The second kappa shape index (κ2) is 13.6. The van der Waals surface area contributed by atoms with Crippen LogP contribution in [0.4, 0.5) is 0 Å². The van der Waals surface area contributed by atoms with E-state index in [4.69, 9.17) is 9.47 Å². The third kappa shape index (κ3) is 9.83. The Kier molecular flexibility index (Phi) is 13.0. The highest BCUT2D eigenvalue weighted by Crippen LogP contribution is 2.11. The second-order valence-corrected chi connectivity index (χ2v) is 4.79. The summed E-state index contributed by atoms with van der Waals surface area (Å²) in [4.78, 5) is 4.16. The number of nitrogens with one attached hydrogen (secondary N) is 2. The molecule has 0 aromatic heterocycles. The van der Waals surface area contributed by atoms with Crippen molar-refractivity contribution in [1.29, 1.82) is 0 Å². The third-order valence-electron chi connectivity index (χ3n) is 2.94. The lowest BCUT2D eigenvalue weighted by molar-refractivity contribution is 0.195. The molecular weight excluding hydrogens is 393 g/mol. The van der Waals surface area contributed by atoms with Gasteiger partial charge in [-0.1, -0.05) is 17.7 Å². The van der Waals surface area contributed by atoms with Crippen molar-refractivity contribution >= 4 is 29.9 Å². The fraction of sp³-hybridized carbons (Fsp3) is 0.562. The van der Waals surface area contributed by atoms with Gasteiger partial charge in [-0.3, -0.25) is 4.99 Å². The molecule has 0 radical (unpaired) electrons. The number of hydrogen-bond acceptors (Lipinski definition) is 3. The van der Waals surface area contributed by atoms with Gasteiger partial charge in [0.1, 0.15) is 5.75 Å². The van der Waals surface area contributed by atoms with E-state index in [1.165, 1.54) is 5.56 Å². The minimum absolute atomic E-state index is 0. The molecule has 0 saturated carbocycles. The highest BCUT2D eigenvalue weighted by atomic mass is 127. The summed E-state index contributed by atoms with van der Waals surface area (Å²) in [7, 11) is 3.48. The molecule has 0 aliphatic heterocycles. The van der Waals surface area contributed by atoms with Gasteiger partial charge >= 0.3 is 0 Å². The Balaban J connectivity index is 0.00000441. The number of benzene rings is 1. The van der Waals surface area contributed by atoms with E-state index in [1.807, 2.05) is 12.1 Å². The molecule has 1 aromatic rings. The van der Waals surface area contributed by atoms with Gasteiger partial charge < -0.3 is 20.1 Å². The van der Waals surface area contributed by atoms with Gasteiger partial charge in [-0.15, -0.1) is 24.0 Å². The molecule has 0 unspecified atom stereocenters. The molecule has 0 aliphatic carbocycles. The van der Waals surface area contributed by atoms with Crippen molar-refractivity contribution in [3.8, 4) is 5.75 Å². The lowest BCUT2D eigenvalue weighted by Gasteiger charge is -2.12. The van der Waals surface area contributed by atoms with Gasteiger partial charge in [-0.2, -0.15) is 0 Å². The lowest BCUT2D eigenvalue weighted by Crippen LogP contribution is -2.38. The molecule has 0 spiro atoms. The Morgan fingerprint density at radius 2 is 1.64 bits per heavy atom. The number of ether oxygens (including phenoxy) is 2. The number of nitrogens with zero attached hydrogens (tertiary/aromatic N) is 1. The number of methoxy groups -OCH3 is 1. The summed E-state index contributed by atoms with van der Waals surface area (Å²) >= 11 is 0. The maximum atomic E-state index is 5.67. The average molecular weight is 421 g/mol. The van der Waals surface area contributed by atoms with E-state index < -0.39 is 0 Å². The average Bonchev–Trinajstić information content (AvgIpc) is 2.51. The standard InChI is InChI=1S/C16H27N3O2.HI/c1-14-6-8-15(9-7-14)21-13-5-11-19-16(17-2)18-10-4-12-20-3;/h6-9H,4-5,10-13H2,1-3H3,(H2,17,18,19);1H. The largest absolute Gasteiger partial charge is 0.494 e. The maximum absolute atomic E-state index is 5.67. The van der Waals surface area contributed by atoms with Crippen molar-refractivity contribution in [3.63, 3.8) is 0 Å². The van der Waals surface area contributed by atoms with Crippen LogP contribution in [-0.4, -0.2) is 46.4 Å². The highest BCUT2D eigenvalue weighted by molar-refractivity contribution is 14.0. The van der Waals surface area contributed by atoms with E-state index in [0.717, 1.165) is 44.2 Å². The van der Waals surface area contributed by atoms with Crippen LogP contribution < -0.4 is 15.4 Å². The predicted molar refractivity (Wildman–Crippen MR) is 103 cm³/mol. The van der Waals surface area contributed by atoms with E-state index in [0.29, 0.717) is 6.61 Å². The first-order valence-corrected chi connectivity index (χ1v) is 7.39. The number of rotatable bonds is 9. The molecule has 22 heavy (non-hydrogen) atoms. The summed E-state index contributed by atoms with van der Waals surface area (Å²) < 4.78 is 10.7. The van der Waals surface area contributed by atoms with Crippen molar-refractivity contribution in [3.05, 3.63) is 29.8 Å². The smallest absolute Gasteiger partial charge is 0.190 e. The third-order valence-corrected chi connectivity index (χ3v) is 2.94. The molecule has 0 heterocycles. The van der Waals surface area contributed by atoms with E-state index in [-0.39, 0.29) is 24.0 Å². The number of hydrogen-bond donors (Lipinski definition) is 2. The maximum Gasteiger partial charge on any atom is 0.190 e. The van der Waals surface area contributed by atoms with Gasteiger partial charge in [0.05, 0.1) is 6.61 Å². The summed E-state index contributed by atoms with van der Waals surface area (Å²) in [6.45, 7) is 5.20. The Bertz CT molecular complexity index is 410. The fourth-order valence-electron chi connectivity index (χ4n) is 1.75. The predicted octanol–water partition coefficient (Wildman–Crippen LogP) is 2.58. The first-order chi connectivity index (χ1) is 10.3. The normalized spacial score (nSPS) is 10.8. The summed E-state index contributed by atoms with van der Waals surface area (Å²) in [5.41, 5.74) is 1.24. The lowest BCUT2D eigenvalue weighted by atomic mass is 10.2. The highest BCUT2D eigenvalue weighted by Gasteiger charge is 1.97. The number of halogens is 1. The first kappa shape index (κ1) is 21.0. The van der Waals surface area contributed by atoms with Crippen molar-refractivity contribution < 1.29 is 9.47 Å². The van der Waals surface area contributed by atoms with Crippen LogP contribution in [-0.2, 0) is 4.74 Å². The molecule has 0 bridgehead atoms. The van der Waals surface area contributed by atoms with Gasteiger partial charge in [-0.25, -0.2) is 0 Å². The topological polar surface area (TPSA) is 54.9 Å². The number of aliphatic imine (C=N–C) groups is 1. The minimum Gasteiger partial charge on any atom is -0.494 e. The monoisotopic (exact) mass is 421 g/mol. The summed E-state index contributed by atoms with van der Waals surface area (Å²) in [5, 5.41) is 6.50. The molecule has 1 rings (SSSR count). The zero-order valence-corrected chi connectivity index (χ0v) is 16.1. The molecule has 6 heteroatoms. The summed E-state index contributed by atoms with van der Waals surface area (Å²) in [6, 6.07) is 8.11. The molecule has 0 amide bonds. The Labute approximate surface area is 150 Å². The fourth-order valence-corrected chi connectivity index (χ4v) is 1.75. The van der Waals surface area contributed by atoms with Gasteiger partial charge in [0.15, 0.2) is 5.96 Å². The molecule has 0 fully saturated rings. The van der Waals surface area contributed by atoms with Crippen LogP contribution in [0.2, 0.25) is 0 Å². The van der Waals surface area contributed by atoms with E-state index in [2.05, 4.69) is 34.7 Å². The number of guanidine groups is 1. The van der Waals surface area contributed by atoms with Gasteiger partial charge in [0.2, 0.25) is 0 Å². The van der Waals surface area contributed by atoms with Gasteiger partial charge in [-0.05, 0) is 31.9 Å². The summed E-state index contributed by atoms with van der Waals surface area (Å²) in [5.74, 6) is 1.74. The SMILES string of the molecule is CN=C(NCCCOC)NCCCOc1ccc(C)cc1.I. The van der Waals surface area contributed by atoms with Gasteiger partial charge in [0.25, 0.3) is 0 Å². The quantitative estimate of drug-likeness (QED) is 0.279. The molecule has 0 saturated heterocycles. The molecule has 126 valence electrons. The second-order valence-electron chi connectivity index (χ2n) is 4.79. The zero-order chi connectivity index (χ0) is 15.3. The molecular formula is C16H28IN3O2. The Morgan fingerprint density at radius 3 is 2.18 bits per heavy atom. The molecule has 0 aliphatic rings. The first-order valence-electron chi connectivity index (χ1n) is 7.39.